The SMILES string of the molecule is COC(COc1cc[nH]/c(=N\C(C)C)c1)OC. The van der Waals surface area contributed by atoms with Gasteiger partial charge in [-0.2, -0.15) is 0 Å². The predicted molar refractivity (Wildman–Crippen MR) is 64.8 cm³/mol. The largest absolute Gasteiger partial charge is 0.488 e. The number of H-pyrrole nitrogens is 1. The van der Waals surface area contributed by atoms with Gasteiger partial charge in [-0.3, -0.25) is 4.99 Å². The van der Waals surface area contributed by atoms with Crippen molar-refractivity contribution < 1.29 is 14.2 Å². The third kappa shape index (κ3) is 5.01. The van der Waals surface area contributed by atoms with Crippen LogP contribution < -0.4 is 10.2 Å². The second kappa shape index (κ2) is 7.09. The van der Waals surface area contributed by atoms with E-state index in [-0.39, 0.29) is 12.3 Å². The number of ether oxygens (including phenoxy) is 3. The summed E-state index contributed by atoms with van der Waals surface area (Å²) < 4.78 is 15.6. The average molecular weight is 240 g/mol. The maximum absolute atomic E-state index is 5.54. The van der Waals surface area contributed by atoms with E-state index < -0.39 is 0 Å². The molecule has 1 heterocycles. The van der Waals surface area contributed by atoms with Crippen LogP contribution in [-0.4, -0.2) is 38.1 Å². The fraction of sp³-hybridized carbons (Fsp3) is 0.583. The summed E-state index contributed by atoms with van der Waals surface area (Å²) in [7, 11) is 3.16. The number of pyridine rings is 1. The summed E-state index contributed by atoms with van der Waals surface area (Å²) in [5.74, 6) is 0.738. The Morgan fingerprint density at radius 3 is 2.59 bits per heavy atom. The summed E-state index contributed by atoms with van der Waals surface area (Å²) in [5, 5.41) is 0. The van der Waals surface area contributed by atoms with Crippen LogP contribution in [0.4, 0.5) is 0 Å². The Morgan fingerprint density at radius 2 is 2.00 bits per heavy atom. The van der Waals surface area contributed by atoms with Crippen LogP contribution in [0.15, 0.2) is 23.3 Å². The van der Waals surface area contributed by atoms with Crippen LogP contribution in [0, 0.1) is 0 Å². The summed E-state index contributed by atoms with van der Waals surface area (Å²) in [6.07, 6.45) is 1.44. The molecule has 1 aromatic heterocycles. The Balaban J connectivity index is 2.66. The van der Waals surface area contributed by atoms with E-state index in [1.54, 1.807) is 20.4 Å². The van der Waals surface area contributed by atoms with E-state index in [0.29, 0.717) is 6.61 Å². The molecule has 0 aliphatic rings. The van der Waals surface area contributed by atoms with Crippen molar-refractivity contribution in [1.29, 1.82) is 0 Å². The van der Waals surface area contributed by atoms with Crippen molar-refractivity contribution in [2.45, 2.75) is 26.2 Å². The Hall–Kier alpha value is -1.33. The highest BCUT2D eigenvalue weighted by Crippen LogP contribution is 2.06. The number of nitrogens with zero attached hydrogens (tertiary/aromatic N) is 1. The summed E-state index contributed by atoms with van der Waals surface area (Å²) in [4.78, 5) is 7.44. The zero-order valence-electron chi connectivity index (χ0n) is 10.8. The van der Waals surface area contributed by atoms with Gasteiger partial charge < -0.3 is 19.2 Å². The van der Waals surface area contributed by atoms with Gasteiger partial charge in [0.15, 0.2) is 6.29 Å². The first kappa shape index (κ1) is 13.7. The Morgan fingerprint density at radius 1 is 1.29 bits per heavy atom. The fourth-order valence-electron chi connectivity index (χ4n) is 1.27. The molecule has 0 spiro atoms. The molecule has 0 amide bonds. The van der Waals surface area contributed by atoms with E-state index in [1.165, 1.54) is 0 Å². The fourth-order valence-corrected chi connectivity index (χ4v) is 1.27. The number of aromatic amines is 1. The van der Waals surface area contributed by atoms with Crippen LogP contribution in [0.5, 0.6) is 5.75 Å². The number of aromatic nitrogens is 1. The van der Waals surface area contributed by atoms with Crippen molar-refractivity contribution in [1.82, 2.24) is 4.98 Å². The standard InChI is InChI=1S/C12H20N2O3/c1-9(2)14-11-7-10(5-6-13-11)17-8-12(15-3)16-4/h5-7,9,12H,8H2,1-4H3,(H,13,14). The van der Waals surface area contributed by atoms with Gasteiger partial charge in [-0.15, -0.1) is 0 Å². The van der Waals surface area contributed by atoms with E-state index >= 15 is 0 Å². The molecule has 0 unspecified atom stereocenters. The number of methoxy groups -OCH3 is 2. The lowest BCUT2D eigenvalue weighted by Crippen LogP contribution is -2.22. The molecule has 17 heavy (non-hydrogen) atoms. The molecule has 0 atom stereocenters. The van der Waals surface area contributed by atoms with Crippen molar-refractivity contribution in [3.8, 4) is 5.75 Å². The topological polar surface area (TPSA) is 55.8 Å². The van der Waals surface area contributed by atoms with Gasteiger partial charge in [0, 0.05) is 32.5 Å². The molecule has 0 aliphatic heterocycles. The van der Waals surface area contributed by atoms with Crippen LogP contribution in [0.1, 0.15) is 13.8 Å². The Labute approximate surface area is 101 Å². The molecule has 0 saturated heterocycles. The molecule has 0 bridgehead atoms. The van der Waals surface area contributed by atoms with Crippen LogP contribution in [0.3, 0.4) is 0 Å². The van der Waals surface area contributed by atoms with E-state index in [4.69, 9.17) is 14.2 Å². The highest BCUT2D eigenvalue weighted by molar-refractivity contribution is 5.16. The Bertz CT molecular complexity index is 383. The normalized spacial score (nSPS) is 12.5. The number of hydrogen-bond acceptors (Lipinski definition) is 4. The Kier molecular flexibility index (Phi) is 5.72. The van der Waals surface area contributed by atoms with E-state index in [2.05, 4.69) is 9.98 Å². The first-order chi connectivity index (χ1) is 8.15. The molecule has 96 valence electrons. The second-order valence-electron chi connectivity index (χ2n) is 3.84. The number of rotatable bonds is 6. The summed E-state index contributed by atoms with van der Waals surface area (Å²) in [6.45, 7) is 4.39. The van der Waals surface area contributed by atoms with E-state index in [0.717, 1.165) is 11.2 Å². The minimum absolute atomic E-state index is 0.243. The number of hydrogen-bond donors (Lipinski definition) is 1. The van der Waals surface area contributed by atoms with Gasteiger partial charge in [0.1, 0.15) is 17.8 Å². The van der Waals surface area contributed by atoms with Gasteiger partial charge in [-0.25, -0.2) is 0 Å². The lowest BCUT2D eigenvalue weighted by molar-refractivity contribution is -0.122. The highest BCUT2D eigenvalue weighted by atomic mass is 16.7. The van der Waals surface area contributed by atoms with Crippen molar-refractivity contribution in [3.05, 3.63) is 23.8 Å². The van der Waals surface area contributed by atoms with E-state index in [1.807, 2.05) is 26.0 Å². The molecule has 0 aromatic carbocycles. The van der Waals surface area contributed by atoms with Crippen molar-refractivity contribution in [3.63, 3.8) is 0 Å². The van der Waals surface area contributed by atoms with Gasteiger partial charge in [0.05, 0.1) is 0 Å². The molecule has 5 nitrogen and oxygen atoms in total. The highest BCUT2D eigenvalue weighted by Gasteiger charge is 2.05. The van der Waals surface area contributed by atoms with Crippen LogP contribution in [0.25, 0.3) is 0 Å². The molecule has 1 aromatic rings. The molecule has 0 radical (unpaired) electrons. The van der Waals surface area contributed by atoms with Crippen molar-refractivity contribution in [2.24, 2.45) is 4.99 Å². The zero-order chi connectivity index (χ0) is 12.7. The lowest BCUT2D eigenvalue weighted by Gasteiger charge is -2.14. The quantitative estimate of drug-likeness (QED) is 0.763. The minimum Gasteiger partial charge on any atom is -0.488 e. The molecule has 0 aliphatic carbocycles. The first-order valence-corrected chi connectivity index (χ1v) is 5.56. The van der Waals surface area contributed by atoms with Crippen molar-refractivity contribution >= 4 is 0 Å². The maximum Gasteiger partial charge on any atom is 0.191 e. The third-order valence-electron chi connectivity index (χ3n) is 2.07. The molecular weight excluding hydrogens is 220 g/mol. The van der Waals surface area contributed by atoms with Gasteiger partial charge >= 0.3 is 0 Å². The van der Waals surface area contributed by atoms with Gasteiger partial charge in [-0.05, 0) is 19.9 Å². The van der Waals surface area contributed by atoms with Crippen LogP contribution in [0.2, 0.25) is 0 Å². The monoisotopic (exact) mass is 240 g/mol. The second-order valence-corrected chi connectivity index (χ2v) is 3.84. The first-order valence-electron chi connectivity index (χ1n) is 5.56. The smallest absolute Gasteiger partial charge is 0.191 e. The lowest BCUT2D eigenvalue weighted by atomic mass is 10.4. The maximum atomic E-state index is 5.54. The van der Waals surface area contributed by atoms with Crippen LogP contribution in [-0.2, 0) is 9.47 Å². The third-order valence-corrected chi connectivity index (χ3v) is 2.07. The predicted octanol–water partition coefficient (Wildman–Crippen LogP) is 1.32. The van der Waals surface area contributed by atoms with E-state index in [9.17, 15) is 0 Å². The summed E-state index contributed by atoms with van der Waals surface area (Å²) in [6, 6.07) is 3.93. The van der Waals surface area contributed by atoms with Gasteiger partial charge in [0.2, 0.25) is 0 Å². The van der Waals surface area contributed by atoms with Gasteiger partial charge in [0.25, 0.3) is 0 Å². The minimum atomic E-state index is -0.357. The average Bonchev–Trinajstić information content (AvgIpc) is 2.30. The van der Waals surface area contributed by atoms with Crippen LogP contribution >= 0.6 is 0 Å². The molecular formula is C12H20N2O3. The molecule has 1 N–H and O–H groups in total. The molecule has 1 rings (SSSR count). The summed E-state index contributed by atoms with van der Waals surface area (Å²) >= 11 is 0. The van der Waals surface area contributed by atoms with Gasteiger partial charge in [-0.1, -0.05) is 0 Å². The number of nitrogens with one attached hydrogen (secondary N) is 1. The molecule has 0 fully saturated rings. The molecule has 5 heteroatoms. The zero-order valence-corrected chi connectivity index (χ0v) is 10.8. The van der Waals surface area contributed by atoms with Crippen molar-refractivity contribution in [2.75, 3.05) is 20.8 Å². The summed E-state index contributed by atoms with van der Waals surface area (Å²) in [5.41, 5.74) is 0.795. The molecule has 0 saturated carbocycles.